The van der Waals surface area contributed by atoms with Crippen LogP contribution >= 0.6 is 0 Å². The highest BCUT2D eigenvalue weighted by atomic mass is 16.5. The van der Waals surface area contributed by atoms with E-state index < -0.39 is 0 Å². The van der Waals surface area contributed by atoms with E-state index in [-0.39, 0.29) is 6.04 Å². The van der Waals surface area contributed by atoms with Gasteiger partial charge in [-0.25, -0.2) is 0 Å². The van der Waals surface area contributed by atoms with Crippen LogP contribution < -0.4 is 5.73 Å². The Morgan fingerprint density at radius 2 is 2.12 bits per heavy atom. The first kappa shape index (κ1) is 11.5. The van der Waals surface area contributed by atoms with Crippen molar-refractivity contribution < 1.29 is 4.52 Å². The summed E-state index contributed by atoms with van der Waals surface area (Å²) >= 11 is 0. The molecule has 0 aliphatic heterocycles. The van der Waals surface area contributed by atoms with Gasteiger partial charge in [-0.3, -0.25) is 0 Å². The molecule has 1 aromatic rings. The monoisotopic (exact) mass is 224 g/mol. The number of hydrogen-bond acceptors (Lipinski definition) is 5. The van der Waals surface area contributed by atoms with E-state index in [1.165, 1.54) is 12.8 Å². The second-order valence-corrected chi connectivity index (χ2v) is 4.36. The molecular weight excluding hydrogens is 204 g/mol. The highest BCUT2D eigenvalue weighted by Crippen LogP contribution is 2.39. The molecule has 1 unspecified atom stereocenters. The average Bonchev–Trinajstić information content (AvgIpc) is 3.03. The van der Waals surface area contributed by atoms with Crippen LogP contribution in [0.2, 0.25) is 0 Å². The first-order valence-corrected chi connectivity index (χ1v) is 6.06. The van der Waals surface area contributed by atoms with Gasteiger partial charge in [-0.2, -0.15) is 4.98 Å². The standard InChI is InChI=1S/C11H20N4O/c1-3-15(4-2)7-9(12)10-13-11(16-14-10)8-5-6-8/h8-9H,3-7,12H2,1-2H3. The minimum atomic E-state index is -0.142. The molecule has 5 nitrogen and oxygen atoms in total. The van der Waals surface area contributed by atoms with E-state index in [9.17, 15) is 0 Å². The van der Waals surface area contributed by atoms with E-state index in [0.29, 0.717) is 11.7 Å². The number of hydrogen-bond donors (Lipinski definition) is 1. The van der Waals surface area contributed by atoms with Crippen LogP contribution in [0, 0.1) is 0 Å². The van der Waals surface area contributed by atoms with Gasteiger partial charge in [-0.15, -0.1) is 0 Å². The number of likely N-dealkylation sites (N-methyl/N-ethyl adjacent to an activating group) is 1. The fraction of sp³-hybridized carbons (Fsp3) is 0.818. The number of nitrogens with two attached hydrogens (primary N) is 1. The lowest BCUT2D eigenvalue weighted by Crippen LogP contribution is -2.32. The van der Waals surface area contributed by atoms with E-state index >= 15 is 0 Å². The molecule has 0 saturated heterocycles. The van der Waals surface area contributed by atoms with Gasteiger partial charge in [0.25, 0.3) is 0 Å². The molecule has 0 spiro atoms. The first-order valence-electron chi connectivity index (χ1n) is 6.06. The molecule has 2 N–H and O–H groups in total. The number of nitrogens with zero attached hydrogens (tertiary/aromatic N) is 3. The van der Waals surface area contributed by atoms with E-state index in [2.05, 4.69) is 28.9 Å². The topological polar surface area (TPSA) is 68.2 Å². The smallest absolute Gasteiger partial charge is 0.229 e. The van der Waals surface area contributed by atoms with E-state index in [4.69, 9.17) is 10.3 Å². The van der Waals surface area contributed by atoms with Crippen molar-refractivity contribution in [3.05, 3.63) is 11.7 Å². The van der Waals surface area contributed by atoms with E-state index in [0.717, 1.165) is 25.5 Å². The van der Waals surface area contributed by atoms with E-state index in [1.54, 1.807) is 0 Å². The molecule has 1 heterocycles. The van der Waals surface area contributed by atoms with Gasteiger partial charge in [0.05, 0.1) is 6.04 Å². The van der Waals surface area contributed by atoms with Gasteiger partial charge in [-0.1, -0.05) is 19.0 Å². The Morgan fingerprint density at radius 3 is 2.69 bits per heavy atom. The van der Waals surface area contributed by atoms with Gasteiger partial charge in [0.1, 0.15) is 0 Å². The van der Waals surface area contributed by atoms with Crippen molar-refractivity contribution in [2.45, 2.75) is 38.6 Å². The quantitative estimate of drug-likeness (QED) is 0.788. The Morgan fingerprint density at radius 1 is 1.44 bits per heavy atom. The second kappa shape index (κ2) is 4.93. The number of rotatable bonds is 6. The largest absolute Gasteiger partial charge is 0.339 e. The minimum absolute atomic E-state index is 0.142. The van der Waals surface area contributed by atoms with Crippen LogP contribution in [0.5, 0.6) is 0 Å². The van der Waals surface area contributed by atoms with Gasteiger partial charge in [0, 0.05) is 12.5 Å². The zero-order chi connectivity index (χ0) is 11.5. The van der Waals surface area contributed by atoms with Gasteiger partial charge in [0.2, 0.25) is 5.89 Å². The fourth-order valence-electron chi connectivity index (χ4n) is 1.74. The molecule has 1 aliphatic carbocycles. The van der Waals surface area contributed by atoms with Crippen LogP contribution in [0.1, 0.15) is 50.4 Å². The fourth-order valence-corrected chi connectivity index (χ4v) is 1.74. The predicted octanol–water partition coefficient (Wildman–Crippen LogP) is 1.29. The summed E-state index contributed by atoms with van der Waals surface area (Å²) in [5.74, 6) is 1.92. The minimum Gasteiger partial charge on any atom is -0.339 e. The summed E-state index contributed by atoms with van der Waals surface area (Å²) in [7, 11) is 0. The Balaban J connectivity index is 1.93. The lowest BCUT2D eigenvalue weighted by molar-refractivity contribution is 0.277. The Hall–Kier alpha value is -0.940. The summed E-state index contributed by atoms with van der Waals surface area (Å²) in [6.07, 6.45) is 2.35. The zero-order valence-electron chi connectivity index (χ0n) is 10.0. The third-order valence-electron chi connectivity index (χ3n) is 3.07. The predicted molar refractivity (Wildman–Crippen MR) is 61.0 cm³/mol. The molecule has 16 heavy (non-hydrogen) atoms. The SMILES string of the molecule is CCN(CC)CC(N)c1noc(C2CC2)n1. The van der Waals surface area contributed by atoms with Crippen LogP contribution in [0.25, 0.3) is 0 Å². The lowest BCUT2D eigenvalue weighted by Gasteiger charge is -2.20. The average molecular weight is 224 g/mol. The third kappa shape index (κ3) is 2.59. The summed E-state index contributed by atoms with van der Waals surface area (Å²) in [5.41, 5.74) is 6.05. The summed E-state index contributed by atoms with van der Waals surface area (Å²) in [5, 5.41) is 3.96. The van der Waals surface area contributed by atoms with Crippen molar-refractivity contribution in [3.63, 3.8) is 0 Å². The van der Waals surface area contributed by atoms with Crippen LogP contribution in [0.3, 0.4) is 0 Å². The van der Waals surface area contributed by atoms with Gasteiger partial charge in [0.15, 0.2) is 5.82 Å². The van der Waals surface area contributed by atoms with Gasteiger partial charge < -0.3 is 15.2 Å². The highest BCUT2D eigenvalue weighted by Gasteiger charge is 2.30. The molecule has 0 radical (unpaired) electrons. The van der Waals surface area contributed by atoms with Gasteiger partial charge >= 0.3 is 0 Å². The maximum absolute atomic E-state index is 6.05. The van der Waals surface area contributed by atoms with Crippen LogP contribution in [0.4, 0.5) is 0 Å². The van der Waals surface area contributed by atoms with Crippen LogP contribution in [-0.2, 0) is 0 Å². The van der Waals surface area contributed by atoms with Crippen molar-refractivity contribution in [1.29, 1.82) is 0 Å². The molecule has 1 saturated carbocycles. The molecular formula is C11H20N4O. The summed E-state index contributed by atoms with van der Waals surface area (Å²) in [6, 6.07) is -0.142. The normalized spacial score (nSPS) is 18.0. The molecule has 1 fully saturated rings. The summed E-state index contributed by atoms with van der Waals surface area (Å²) in [4.78, 5) is 6.63. The summed E-state index contributed by atoms with van der Waals surface area (Å²) in [6.45, 7) is 7.04. The molecule has 0 aromatic carbocycles. The molecule has 0 amide bonds. The highest BCUT2D eigenvalue weighted by molar-refractivity contribution is 5.03. The molecule has 90 valence electrons. The van der Waals surface area contributed by atoms with Crippen molar-refractivity contribution in [2.24, 2.45) is 5.73 Å². The third-order valence-corrected chi connectivity index (χ3v) is 3.07. The molecule has 1 aromatic heterocycles. The molecule has 0 bridgehead atoms. The molecule has 5 heteroatoms. The van der Waals surface area contributed by atoms with Crippen LogP contribution in [0.15, 0.2) is 4.52 Å². The van der Waals surface area contributed by atoms with Crippen molar-refractivity contribution >= 4 is 0 Å². The molecule has 2 rings (SSSR count). The Labute approximate surface area is 96.0 Å². The Kier molecular flexibility index (Phi) is 3.56. The first-order chi connectivity index (χ1) is 7.74. The number of aromatic nitrogens is 2. The van der Waals surface area contributed by atoms with Crippen molar-refractivity contribution in [3.8, 4) is 0 Å². The van der Waals surface area contributed by atoms with Crippen molar-refractivity contribution in [2.75, 3.05) is 19.6 Å². The van der Waals surface area contributed by atoms with Gasteiger partial charge in [-0.05, 0) is 25.9 Å². The zero-order valence-corrected chi connectivity index (χ0v) is 10.0. The van der Waals surface area contributed by atoms with Crippen molar-refractivity contribution in [1.82, 2.24) is 15.0 Å². The Bertz CT molecular complexity index is 330. The molecule has 1 aliphatic rings. The molecule has 1 atom stereocenters. The maximum Gasteiger partial charge on any atom is 0.229 e. The maximum atomic E-state index is 6.05. The van der Waals surface area contributed by atoms with E-state index in [1.807, 2.05) is 0 Å². The lowest BCUT2D eigenvalue weighted by atomic mass is 10.2. The summed E-state index contributed by atoms with van der Waals surface area (Å²) < 4.78 is 5.20. The second-order valence-electron chi connectivity index (χ2n) is 4.36. The van der Waals surface area contributed by atoms with Crippen LogP contribution in [-0.4, -0.2) is 34.7 Å².